The number of nitrogens with two attached hydrogens (primary N) is 2. The minimum Gasteiger partial charge on any atom is -0.396 e. The molecule has 82 valence electrons. The summed E-state index contributed by atoms with van der Waals surface area (Å²) in [4.78, 5) is 6.25. The van der Waals surface area contributed by atoms with Crippen LogP contribution in [0.2, 0.25) is 0 Å². The molecule has 2 unspecified atom stereocenters. The van der Waals surface area contributed by atoms with Crippen molar-refractivity contribution in [1.29, 1.82) is 0 Å². The van der Waals surface area contributed by atoms with Crippen LogP contribution in [0.1, 0.15) is 13.3 Å². The van der Waals surface area contributed by atoms with Gasteiger partial charge < -0.3 is 16.4 Å². The van der Waals surface area contributed by atoms with E-state index < -0.39 is 0 Å². The van der Waals surface area contributed by atoms with Gasteiger partial charge in [0.2, 0.25) is 0 Å². The molecule has 0 spiro atoms. The van der Waals surface area contributed by atoms with Crippen molar-refractivity contribution in [3.05, 3.63) is 18.5 Å². The van der Waals surface area contributed by atoms with Gasteiger partial charge in [0.25, 0.3) is 0 Å². The number of piperidine rings is 1. The number of anilines is 2. The molecule has 0 radical (unpaired) electrons. The summed E-state index contributed by atoms with van der Waals surface area (Å²) >= 11 is 0. The molecule has 2 heterocycles. The maximum absolute atomic E-state index is 6.00. The normalized spacial score (nSPS) is 26.7. The summed E-state index contributed by atoms with van der Waals surface area (Å²) in [6.45, 7) is 4.14. The van der Waals surface area contributed by atoms with E-state index in [2.05, 4.69) is 16.8 Å². The van der Waals surface area contributed by atoms with Crippen LogP contribution in [0.15, 0.2) is 18.5 Å². The van der Waals surface area contributed by atoms with Crippen LogP contribution in [-0.4, -0.2) is 24.1 Å². The highest BCUT2D eigenvalue weighted by Gasteiger charge is 2.23. The summed E-state index contributed by atoms with van der Waals surface area (Å²) in [6, 6.07) is 2.21. The van der Waals surface area contributed by atoms with Crippen molar-refractivity contribution in [2.75, 3.05) is 23.7 Å². The SMILES string of the molecule is CC1CC(N)CN(c2ccncc2N)C1. The zero-order chi connectivity index (χ0) is 10.8. The molecule has 1 aromatic heterocycles. The van der Waals surface area contributed by atoms with Crippen LogP contribution in [-0.2, 0) is 0 Å². The molecule has 4 nitrogen and oxygen atoms in total. The smallest absolute Gasteiger partial charge is 0.0738 e. The number of nitrogen functional groups attached to an aromatic ring is 1. The molecular weight excluding hydrogens is 188 g/mol. The van der Waals surface area contributed by atoms with Crippen molar-refractivity contribution in [3.8, 4) is 0 Å². The van der Waals surface area contributed by atoms with Crippen LogP contribution in [0.25, 0.3) is 0 Å². The fraction of sp³-hybridized carbons (Fsp3) is 0.545. The molecule has 1 aromatic rings. The van der Waals surface area contributed by atoms with E-state index in [0.29, 0.717) is 5.92 Å². The van der Waals surface area contributed by atoms with Crippen LogP contribution >= 0.6 is 0 Å². The largest absolute Gasteiger partial charge is 0.396 e. The zero-order valence-electron chi connectivity index (χ0n) is 9.06. The highest BCUT2D eigenvalue weighted by Crippen LogP contribution is 2.26. The molecule has 1 aliphatic rings. The Hall–Kier alpha value is -1.29. The van der Waals surface area contributed by atoms with Crippen molar-refractivity contribution in [3.63, 3.8) is 0 Å². The van der Waals surface area contributed by atoms with Gasteiger partial charge in [-0.3, -0.25) is 4.98 Å². The van der Waals surface area contributed by atoms with Gasteiger partial charge in [-0.25, -0.2) is 0 Å². The molecule has 0 amide bonds. The predicted octanol–water partition coefficient (Wildman–Crippen LogP) is 0.837. The number of pyridine rings is 1. The van der Waals surface area contributed by atoms with Gasteiger partial charge in [-0.2, -0.15) is 0 Å². The first kappa shape index (κ1) is 10.2. The molecule has 2 atom stereocenters. The third kappa shape index (κ3) is 2.21. The number of aromatic nitrogens is 1. The summed E-state index contributed by atoms with van der Waals surface area (Å²) in [6.07, 6.45) is 4.57. The van der Waals surface area contributed by atoms with Crippen LogP contribution in [0, 0.1) is 5.92 Å². The second-order valence-corrected chi connectivity index (χ2v) is 4.44. The van der Waals surface area contributed by atoms with Gasteiger partial charge in [0.15, 0.2) is 0 Å². The standard InChI is InChI=1S/C11H18N4/c1-8-4-9(12)7-15(6-8)11-2-3-14-5-10(11)13/h2-3,5,8-9H,4,6-7,12-13H2,1H3. The molecule has 1 aliphatic heterocycles. The Labute approximate surface area is 90.3 Å². The van der Waals surface area contributed by atoms with E-state index in [1.165, 1.54) is 0 Å². The summed E-state index contributed by atoms with van der Waals surface area (Å²) in [5.74, 6) is 0.626. The van der Waals surface area contributed by atoms with Crippen molar-refractivity contribution in [2.45, 2.75) is 19.4 Å². The first-order valence-corrected chi connectivity index (χ1v) is 5.37. The van der Waals surface area contributed by atoms with Crippen LogP contribution in [0.4, 0.5) is 11.4 Å². The Kier molecular flexibility index (Phi) is 2.77. The first-order valence-electron chi connectivity index (χ1n) is 5.37. The van der Waals surface area contributed by atoms with E-state index in [1.54, 1.807) is 12.4 Å². The van der Waals surface area contributed by atoms with Crippen LogP contribution in [0.3, 0.4) is 0 Å². The molecular formula is C11H18N4. The van der Waals surface area contributed by atoms with Gasteiger partial charge in [-0.05, 0) is 18.4 Å². The molecule has 4 N–H and O–H groups in total. The zero-order valence-corrected chi connectivity index (χ0v) is 9.06. The van der Waals surface area contributed by atoms with Crippen LogP contribution in [0.5, 0.6) is 0 Å². The first-order chi connectivity index (χ1) is 7.16. The Balaban J connectivity index is 2.20. The summed E-state index contributed by atoms with van der Waals surface area (Å²) < 4.78 is 0. The summed E-state index contributed by atoms with van der Waals surface area (Å²) in [5.41, 5.74) is 13.7. The Morgan fingerprint density at radius 2 is 2.27 bits per heavy atom. The predicted molar refractivity (Wildman–Crippen MR) is 62.6 cm³/mol. The van der Waals surface area contributed by atoms with E-state index in [9.17, 15) is 0 Å². The number of hydrogen-bond donors (Lipinski definition) is 2. The van der Waals surface area contributed by atoms with E-state index in [-0.39, 0.29) is 6.04 Å². The molecule has 2 rings (SSSR count). The molecule has 15 heavy (non-hydrogen) atoms. The third-order valence-electron chi connectivity index (χ3n) is 2.86. The third-order valence-corrected chi connectivity index (χ3v) is 2.86. The Bertz CT molecular complexity index is 329. The van der Waals surface area contributed by atoms with Crippen molar-refractivity contribution >= 4 is 11.4 Å². The number of rotatable bonds is 1. The molecule has 0 bridgehead atoms. The van der Waals surface area contributed by atoms with Crippen molar-refractivity contribution in [2.24, 2.45) is 11.7 Å². The lowest BCUT2D eigenvalue weighted by molar-refractivity contribution is 0.402. The topological polar surface area (TPSA) is 68.2 Å². The van der Waals surface area contributed by atoms with Gasteiger partial charge in [-0.1, -0.05) is 6.92 Å². The molecule has 1 fully saturated rings. The Morgan fingerprint density at radius 1 is 1.47 bits per heavy atom. The molecule has 4 heteroatoms. The molecule has 1 saturated heterocycles. The lowest BCUT2D eigenvalue weighted by Crippen LogP contribution is -2.46. The van der Waals surface area contributed by atoms with Gasteiger partial charge in [0.05, 0.1) is 17.6 Å². The minimum atomic E-state index is 0.251. The van der Waals surface area contributed by atoms with Gasteiger partial charge in [0.1, 0.15) is 0 Å². The second kappa shape index (κ2) is 4.06. The van der Waals surface area contributed by atoms with Gasteiger partial charge in [0, 0.05) is 25.3 Å². The highest BCUT2D eigenvalue weighted by atomic mass is 15.2. The van der Waals surface area contributed by atoms with E-state index in [0.717, 1.165) is 30.9 Å². The number of nitrogens with zero attached hydrogens (tertiary/aromatic N) is 2. The van der Waals surface area contributed by atoms with Crippen molar-refractivity contribution in [1.82, 2.24) is 4.98 Å². The maximum Gasteiger partial charge on any atom is 0.0738 e. The van der Waals surface area contributed by atoms with E-state index >= 15 is 0 Å². The van der Waals surface area contributed by atoms with E-state index in [1.807, 2.05) is 6.07 Å². The maximum atomic E-state index is 6.00. The average molecular weight is 206 g/mol. The molecule has 0 aliphatic carbocycles. The summed E-state index contributed by atoms with van der Waals surface area (Å²) in [5, 5.41) is 0. The minimum absolute atomic E-state index is 0.251. The lowest BCUT2D eigenvalue weighted by Gasteiger charge is -2.36. The van der Waals surface area contributed by atoms with Crippen LogP contribution < -0.4 is 16.4 Å². The monoisotopic (exact) mass is 206 g/mol. The summed E-state index contributed by atoms with van der Waals surface area (Å²) in [7, 11) is 0. The van der Waals surface area contributed by atoms with E-state index in [4.69, 9.17) is 11.5 Å². The lowest BCUT2D eigenvalue weighted by atomic mass is 9.96. The number of hydrogen-bond acceptors (Lipinski definition) is 4. The quantitative estimate of drug-likeness (QED) is 0.714. The van der Waals surface area contributed by atoms with Gasteiger partial charge in [-0.15, -0.1) is 0 Å². The van der Waals surface area contributed by atoms with Gasteiger partial charge >= 0.3 is 0 Å². The average Bonchev–Trinajstić information content (AvgIpc) is 2.16. The fourth-order valence-corrected chi connectivity index (χ4v) is 2.28. The second-order valence-electron chi connectivity index (χ2n) is 4.44. The Morgan fingerprint density at radius 3 is 2.93 bits per heavy atom. The van der Waals surface area contributed by atoms with Crippen molar-refractivity contribution < 1.29 is 0 Å². The molecule has 0 aromatic carbocycles. The highest BCUT2D eigenvalue weighted by molar-refractivity contribution is 5.66. The fourth-order valence-electron chi connectivity index (χ4n) is 2.28. The molecule has 0 saturated carbocycles.